The second-order valence-electron chi connectivity index (χ2n) is 7.66. The summed E-state index contributed by atoms with van der Waals surface area (Å²) in [6.45, 7) is 2.48. The summed E-state index contributed by atoms with van der Waals surface area (Å²) >= 11 is 7.67. The molecule has 8 heteroatoms. The van der Waals surface area contributed by atoms with E-state index in [2.05, 4.69) is 5.32 Å². The first-order valence-corrected chi connectivity index (χ1v) is 12.2. The fraction of sp³-hybridized carbons (Fsp3) is 0.192. The largest absolute Gasteiger partial charge is 0.462 e. The zero-order valence-electron chi connectivity index (χ0n) is 18.5. The molecular formula is C26H23ClN2O4S. The number of carbonyl (C=O) groups is 3. The molecule has 1 atom stereocenters. The van der Waals surface area contributed by atoms with E-state index >= 15 is 0 Å². The van der Waals surface area contributed by atoms with E-state index in [9.17, 15) is 14.4 Å². The molecule has 3 aromatic carbocycles. The molecular weight excluding hydrogens is 472 g/mol. The highest BCUT2D eigenvalue weighted by atomic mass is 35.5. The minimum atomic E-state index is -0.545. The lowest BCUT2D eigenvalue weighted by Gasteiger charge is -2.24. The number of ether oxygens (including phenoxy) is 1. The quantitative estimate of drug-likeness (QED) is 0.436. The van der Waals surface area contributed by atoms with Crippen LogP contribution < -0.4 is 5.32 Å². The number of amides is 2. The smallest absolute Gasteiger partial charge is 0.339 e. The molecule has 4 rings (SSSR count). The lowest BCUT2D eigenvalue weighted by Crippen LogP contribution is -2.27. The summed E-state index contributed by atoms with van der Waals surface area (Å²) in [6, 6.07) is 21.8. The van der Waals surface area contributed by atoms with Crippen LogP contribution in [0.5, 0.6) is 0 Å². The molecule has 1 aliphatic heterocycles. The summed E-state index contributed by atoms with van der Waals surface area (Å²) in [5, 5.41) is 2.94. The van der Waals surface area contributed by atoms with Crippen molar-refractivity contribution in [2.75, 3.05) is 17.7 Å². The molecule has 0 saturated carbocycles. The highest BCUT2D eigenvalue weighted by Crippen LogP contribution is 2.39. The minimum absolute atomic E-state index is 0.0980. The van der Waals surface area contributed by atoms with Crippen molar-refractivity contribution in [1.29, 1.82) is 0 Å². The number of carbonyl (C=O) groups excluding carboxylic acids is 3. The van der Waals surface area contributed by atoms with E-state index in [0.29, 0.717) is 23.5 Å². The van der Waals surface area contributed by atoms with Crippen LogP contribution in [0.3, 0.4) is 0 Å². The first-order chi connectivity index (χ1) is 16.5. The van der Waals surface area contributed by atoms with Crippen LogP contribution in [-0.2, 0) is 16.1 Å². The molecule has 1 saturated heterocycles. The van der Waals surface area contributed by atoms with E-state index in [0.717, 1.165) is 11.1 Å². The van der Waals surface area contributed by atoms with Crippen molar-refractivity contribution in [2.45, 2.75) is 18.8 Å². The molecule has 1 unspecified atom stereocenters. The van der Waals surface area contributed by atoms with Crippen LogP contribution in [0.15, 0.2) is 72.8 Å². The maximum absolute atomic E-state index is 12.8. The molecule has 174 valence electrons. The van der Waals surface area contributed by atoms with E-state index in [1.54, 1.807) is 43.0 Å². The van der Waals surface area contributed by atoms with Gasteiger partial charge >= 0.3 is 5.97 Å². The van der Waals surface area contributed by atoms with E-state index in [1.807, 2.05) is 47.4 Å². The van der Waals surface area contributed by atoms with Crippen molar-refractivity contribution in [3.05, 3.63) is 100 Å². The van der Waals surface area contributed by atoms with Gasteiger partial charge in [0, 0.05) is 17.8 Å². The Balaban J connectivity index is 1.46. The highest BCUT2D eigenvalue weighted by Gasteiger charge is 2.32. The van der Waals surface area contributed by atoms with E-state index in [4.69, 9.17) is 16.3 Å². The van der Waals surface area contributed by atoms with Crippen LogP contribution in [0.2, 0.25) is 5.02 Å². The van der Waals surface area contributed by atoms with Crippen LogP contribution in [0.25, 0.3) is 0 Å². The summed E-state index contributed by atoms with van der Waals surface area (Å²) in [5.41, 5.74) is 3.12. The molecule has 2 amide bonds. The van der Waals surface area contributed by atoms with Gasteiger partial charge in [-0.15, -0.1) is 11.8 Å². The van der Waals surface area contributed by atoms with Gasteiger partial charge in [0.2, 0.25) is 5.91 Å². The van der Waals surface area contributed by atoms with Crippen molar-refractivity contribution >= 4 is 46.8 Å². The normalized spacial score (nSPS) is 15.3. The number of nitrogens with zero attached hydrogens (tertiary/aromatic N) is 1. The van der Waals surface area contributed by atoms with Crippen molar-refractivity contribution < 1.29 is 19.1 Å². The zero-order valence-corrected chi connectivity index (χ0v) is 20.1. The Kier molecular flexibility index (Phi) is 7.55. The van der Waals surface area contributed by atoms with Gasteiger partial charge in [-0.25, -0.2) is 4.79 Å². The van der Waals surface area contributed by atoms with Crippen LogP contribution >= 0.6 is 23.4 Å². The fourth-order valence-corrected chi connectivity index (χ4v) is 5.03. The number of rotatable bonds is 7. The summed E-state index contributed by atoms with van der Waals surface area (Å²) < 4.78 is 5.00. The second-order valence-corrected chi connectivity index (χ2v) is 9.14. The maximum atomic E-state index is 12.8. The van der Waals surface area contributed by atoms with Gasteiger partial charge in [-0.1, -0.05) is 54.1 Å². The summed E-state index contributed by atoms with van der Waals surface area (Å²) in [6.07, 6.45) is 0. The Morgan fingerprint density at radius 3 is 2.53 bits per heavy atom. The number of benzene rings is 3. The van der Waals surface area contributed by atoms with Crippen molar-refractivity contribution in [3.8, 4) is 0 Å². The number of halogens is 1. The lowest BCUT2D eigenvalue weighted by molar-refractivity contribution is -0.128. The van der Waals surface area contributed by atoms with E-state index in [-0.39, 0.29) is 34.4 Å². The first-order valence-electron chi connectivity index (χ1n) is 10.8. The Morgan fingerprint density at radius 2 is 1.82 bits per heavy atom. The number of esters is 1. The number of nitrogens with one attached hydrogen (secondary N) is 1. The maximum Gasteiger partial charge on any atom is 0.339 e. The predicted octanol–water partition coefficient (Wildman–Crippen LogP) is 5.54. The Hall–Kier alpha value is -3.29. The first kappa shape index (κ1) is 23.9. The van der Waals surface area contributed by atoms with E-state index < -0.39 is 5.97 Å². The molecule has 0 bridgehead atoms. The molecule has 1 heterocycles. The molecule has 34 heavy (non-hydrogen) atoms. The average molecular weight is 495 g/mol. The van der Waals surface area contributed by atoms with E-state index in [1.165, 1.54) is 6.07 Å². The van der Waals surface area contributed by atoms with Crippen LogP contribution in [0, 0.1) is 0 Å². The minimum Gasteiger partial charge on any atom is -0.462 e. The molecule has 6 nitrogen and oxygen atoms in total. The van der Waals surface area contributed by atoms with Crippen molar-refractivity contribution in [3.63, 3.8) is 0 Å². The Bertz CT molecular complexity index is 1200. The third-order valence-corrected chi connectivity index (χ3v) is 6.93. The fourth-order valence-electron chi connectivity index (χ4n) is 3.65. The monoisotopic (exact) mass is 494 g/mol. The van der Waals surface area contributed by atoms with Crippen molar-refractivity contribution in [1.82, 2.24) is 4.90 Å². The Morgan fingerprint density at radius 1 is 1.09 bits per heavy atom. The van der Waals surface area contributed by atoms with Crippen LogP contribution in [0.1, 0.15) is 44.1 Å². The van der Waals surface area contributed by atoms with Gasteiger partial charge in [0.05, 0.1) is 22.9 Å². The standard InChI is InChI=1S/C26H23ClN2O4S/c1-2-33-26(32)21-14-20(12-13-22(21)27)28-24(31)18-8-10-19(11-9-18)25-29(23(30)16-34-25)15-17-6-4-3-5-7-17/h3-14,25H,2,15-16H2,1H3,(H,28,31). The van der Waals surface area contributed by atoms with Gasteiger partial charge in [-0.05, 0) is 48.4 Å². The molecule has 0 radical (unpaired) electrons. The lowest BCUT2D eigenvalue weighted by atomic mass is 10.1. The molecule has 0 spiro atoms. The van der Waals surface area contributed by atoms with Crippen molar-refractivity contribution in [2.24, 2.45) is 0 Å². The average Bonchev–Trinajstić information content (AvgIpc) is 3.21. The third kappa shape index (κ3) is 5.43. The number of hydrogen-bond donors (Lipinski definition) is 1. The van der Waals surface area contributed by atoms with Gasteiger partial charge in [0.15, 0.2) is 0 Å². The highest BCUT2D eigenvalue weighted by molar-refractivity contribution is 8.00. The molecule has 1 fully saturated rings. The van der Waals surface area contributed by atoms with Crippen LogP contribution in [0.4, 0.5) is 5.69 Å². The molecule has 0 aromatic heterocycles. The number of hydrogen-bond acceptors (Lipinski definition) is 5. The van der Waals surface area contributed by atoms with Gasteiger partial charge in [-0.2, -0.15) is 0 Å². The SMILES string of the molecule is CCOC(=O)c1cc(NC(=O)c2ccc(C3SCC(=O)N3Cc3ccccc3)cc2)ccc1Cl. The molecule has 0 aliphatic carbocycles. The number of anilines is 1. The summed E-state index contributed by atoms with van der Waals surface area (Å²) in [4.78, 5) is 39.2. The predicted molar refractivity (Wildman–Crippen MR) is 134 cm³/mol. The van der Waals surface area contributed by atoms with Gasteiger partial charge in [-0.3, -0.25) is 9.59 Å². The van der Waals surface area contributed by atoms with Gasteiger partial charge in [0.25, 0.3) is 5.91 Å². The third-order valence-electron chi connectivity index (χ3n) is 5.34. The molecule has 3 aromatic rings. The summed E-state index contributed by atoms with van der Waals surface area (Å²) in [5.74, 6) is -0.337. The summed E-state index contributed by atoms with van der Waals surface area (Å²) in [7, 11) is 0. The van der Waals surface area contributed by atoms with Crippen LogP contribution in [-0.4, -0.2) is 35.0 Å². The number of thioether (sulfide) groups is 1. The zero-order chi connectivity index (χ0) is 24.1. The Labute approximate surface area is 207 Å². The molecule has 1 aliphatic rings. The van der Waals surface area contributed by atoms with Gasteiger partial charge in [0.1, 0.15) is 5.37 Å². The van der Waals surface area contributed by atoms with Gasteiger partial charge < -0.3 is 15.0 Å². The topological polar surface area (TPSA) is 75.7 Å². The second kappa shape index (κ2) is 10.8. The molecule has 1 N–H and O–H groups in total.